The lowest BCUT2D eigenvalue weighted by molar-refractivity contribution is -0.315. The van der Waals surface area contributed by atoms with E-state index in [0.717, 1.165) is 10.5 Å². The Bertz CT molecular complexity index is 1970. The van der Waals surface area contributed by atoms with Crippen LogP contribution in [0.4, 0.5) is 22.0 Å². The van der Waals surface area contributed by atoms with Crippen LogP contribution in [-0.2, 0) is 38.1 Å². The van der Waals surface area contributed by atoms with Crippen molar-refractivity contribution >= 4 is 34.2 Å². The number of aliphatic hydroxyl groups is 1. The molecule has 3 fully saturated rings. The molecule has 4 aliphatic heterocycles. The number of halogens is 5. The van der Waals surface area contributed by atoms with E-state index in [2.05, 4.69) is 5.32 Å². The van der Waals surface area contributed by atoms with Crippen molar-refractivity contribution in [2.75, 3.05) is 20.1 Å². The Morgan fingerprint density at radius 1 is 1.12 bits per heavy atom. The first-order chi connectivity index (χ1) is 23.6. The molecule has 0 bridgehead atoms. The van der Waals surface area contributed by atoms with E-state index >= 15 is 0 Å². The number of nitrogens with one attached hydrogen (secondary N) is 1. The summed E-state index contributed by atoms with van der Waals surface area (Å²) in [5.74, 6) is -4.91. The molecular formula is C35H34F5N5O5. The van der Waals surface area contributed by atoms with Crippen LogP contribution in [0.3, 0.4) is 0 Å². The molecule has 5 heterocycles. The summed E-state index contributed by atoms with van der Waals surface area (Å²) in [7, 11) is 1.64. The fourth-order valence-electron chi connectivity index (χ4n) is 8.84. The molecule has 264 valence electrons. The van der Waals surface area contributed by atoms with Gasteiger partial charge >= 0.3 is 12.7 Å². The molecule has 1 aromatic heterocycles. The van der Waals surface area contributed by atoms with Gasteiger partial charge in [0, 0.05) is 30.9 Å². The molecule has 6 atom stereocenters. The van der Waals surface area contributed by atoms with E-state index in [1.54, 1.807) is 36.2 Å². The summed E-state index contributed by atoms with van der Waals surface area (Å²) in [6, 6.07) is 10.7. The van der Waals surface area contributed by atoms with Crippen molar-refractivity contribution in [2.45, 2.75) is 75.1 Å². The van der Waals surface area contributed by atoms with Crippen molar-refractivity contribution in [1.29, 1.82) is 0 Å². The predicted octanol–water partition coefficient (Wildman–Crippen LogP) is 3.88. The van der Waals surface area contributed by atoms with E-state index in [0.29, 0.717) is 30.5 Å². The number of nitrogens with zero attached hydrogens (tertiary/aromatic N) is 4. The van der Waals surface area contributed by atoms with E-state index in [1.165, 1.54) is 24.0 Å². The molecule has 3 saturated heterocycles. The van der Waals surface area contributed by atoms with Crippen LogP contribution < -0.4 is 5.32 Å². The Morgan fingerprint density at radius 3 is 2.56 bits per heavy atom. The third-order valence-corrected chi connectivity index (χ3v) is 10.9. The molecule has 15 heteroatoms. The third kappa shape index (κ3) is 4.65. The highest BCUT2D eigenvalue weighted by Gasteiger charge is 2.70. The van der Waals surface area contributed by atoms with Crippen LogP contribution in [0, 0.1) is 5.92 Å². The fraction of sp³-hybridized carbons (Fsp3) is 0.457. The minimum atomic E-state index is -5.03. The molecule has 0 spiro atoms. The van der Waals surface area contributed by atoms with E-state index in [4.69, 9.17) is 4.74 Å². The smallest absolute Gasteiger partial charge is 0.347 e. The van der Waals surface area contributed by atoms with Gasteiger partial charge in [0.2, 0.25) is 17.5 Å². The summed E-state index contributed by atoms with van der Waals surface area (Å²) in [5, 5.41) is 14.8. The predicted molar refractivity (Wildman–Crippen MR) is 168 cm³/mol. The van der Waals surface area contributed by atoms with Gasteiger partial charge in [0.05, 0.1) is 11.4 Å². The number of likely N-dealkylation sites (N-methyl/N-ethyl adjacent to an activating group) is 1. The van der Waals surface area contributed by atoms with Crippen LogP contribution in [0.2, 0.25) is 0 Å². The van der Waals surface area contributed by atoms with Gasteiger partial charge in [0.15, 0.2) is 0 Å². The molecule has 10 nitrogen and oxygen atoms in total. The zero-order chi connectivity index (χ0) is 35.5. The number of fused-ring (bicyclic) bond motifs is 5. The SMILES string of the molecule is CN1CC(C(=O)N[C@]2(C)O[C@@]3(O)C4CCCN4C(=O)[C@H](Cc4ccccc4)N3C2=O)C=C2c3cccc4c3c(c(C(F)(F)F)n4C(F)F)CC21. The first kappa shape index (κ1) is 32.8. The molecule has 50 heavy (non-hydrogen) atoms. The van der Waals surface area contributed by atoms with Crippen molar-refractivity contribution in [2.24, 2.45) is 5.92 Å². The van der Waals surface area contributed by atoms with Crippen molar-refractivity contribution < 1.29 is 46.2 Å². The topological polar surface area (TPSA) is 107 Å². The van der Waals surface area contributed by atoms with E-state index in [1.807, 2.05) is 18.2 Å². The lowest BCUT2D eigenvalue weighted by atomic mass is 9.79. The largest absolute Gasteiger partial charge is 0.431 e. The lowest BCUT2D eigenvalue weighted by Crippen LogP contribution is -2.71. The van der Waals surface area contributed by atoms with Crippen LogP contribution in [0.25, 0.3) is 16.5 Å². The van der Waals surface area contributed by atoms with Gasteiger partial charge < -0.3 is 15.3 Å². The van der Waals surface area contributed by atoms with Gasteiger partial charge in [-0.3, -0.25) is 33.5 Å². The Labute approximate surface area is 283 Å². The number of carbonyl (C=O) groups is 3. The van der Waals surface area contributed by atoms with Crippen molar-refractivity contribution in [3.63, 3.8) is 0 Å². The number of piperazine rings is 1. The molecule has 8 rings (SSSR count). The zero-order valence-corrected chi connectivity index (χ0v) is 27.1. The Morgan fingerprint density at radius 2 is 1.86 bits per heavy atom. The van der Waals surface area contributed by atoms with Crippen LogP contribution >= 0.6 is 0 Å². The minimum Gasteiger partial charge on any atom is -0.347 e. The molecule has 0 radical (unpaired) electrons. The van der Waals surface area contributed by atoms with Gasteiger partial charge in [-0.2, -0.15) is 22.0 Å². The summed E-state index contributed by atoms with van der Waals surface area (Å²) >= 11 is 0. The number of hydrogen-bond donors (Lipinski definition) is 2. The zero-order valence-electron chi connectivity index (χ0n) is 27.1. The molecule has 3 amide bonds. The number of carbonyl (C=O) groups excluding carboxylic acids is 3. The maximum absolute atomic E-state index is 14.2. The van der Waals surface area contributed by atoms with Gasteiger partial charge in [0.25, 0.3) is 11.8 Å². The quantitative estimate of drug-likeness (QED) is 0.392. The number of benzene rings is 2. The average Bonchev–Trinajstić information content (AvgIpc) is 3.74. The standard InChI is InChI=1S/C35H34F5N5O5/c1-33(31(48)45-25(14-18-8-4-3-5-9-18)30(47)43-13-7-12-26(43)35(45,49)50-33)41-29(46)19-15-21-20-10-6-11-23-27(20)22(16-24(21)42(2)17-19)28(34(38,39)40)44(23)32(36)37/h3-6,8-11,15,19,24-26,32,49H,7,12-14,16-17H2,1-2H3,(H,41,46)/t19?,24?,25-,26?,33+,35-/m0/s1. The van der Waals surface area contributed by atoms with Crippen molar-refractivity contribution in [3.8, 4) is 0 Å². The summed E-state index contributed by atoms with van der Waals surface area (Å²) in [5.41, 5.74) is -2.33. The number of aromatic nitrogens is 1. The maximum atomic E-state index is 14.2. The van der Waals surface area contributed by atoms with Crippen LogP contribution in [0.5, 0.6) is 0 Å². The summed E-state index contributed by atoms with van der Waals surface area (Å²) in [4.78, 5) is 46.3. The molecule has 0 saturated carbocycles. The van der Waals surface area contributed by atoms with Crippen LogP contribution in [0.15, 0.2) is 54.6 Å². The second kappa shape index (κ2) is 11.1. The first-order valence-corrected chi connectivity index (χ1v) is 16.5. The molecule has 5 aliphatic rings. The van der Waals surface area contributed by atoms with Crippen molar-refractivity contribution in [1.82, 2.24) is 24.6 Å². The third-order valence-electron chi connectivity index (χ3n) is 10.9. The number of hydrogen-bond acceptors (Lipinski definition) is 6. The van der Waals surface area contributed by atoms with Gasteiger partial charge in [-0.1, -0.05) is 48.5 Å². The molecule has 2 aromatic carbocycles. The summed E-state index contributed by atoms with van der Waals surface area (Å²) in [6.07, 6.45) is -2.54. The number of alkyl halides is 5. The second-order valence-corrected chi connectivity index (χ2v) is 13.9. The average molecular weight is 700 g/mol. The van der Waals surface area contributed by atoms with Gasteiger partial charge in [-0.15, -0.1) is 0 Å². The first-order valence-electron chi connectivity index (χ1n) is 16.5. The highest BCUT2D eigenvalue weighted by molar-refractivity contribution is 6.02. The number of ether oxygens (including phenoxy) is 1. The highest BCUT2D eigenvalue weighted by Crippen LogP contribution is 2.49. The van der Waals surface area contributed by atoms with Crippen LogP contribution in [-0.4, -0.2) is 92.0 Å². The lowest BCUT2D eigenvalue weighted by Gasteiger charge is -2.48. The maximum Gasteiger partial charge on any atom is 0.431 e. The summed E-state index contributed by atoms with van der Waals surface area (Å²) in [6.45, 7) is -1.68. The van der Waals surface area contributed by atoms with Gasteiger partial charge in [0.1, 0.15) is 17.8 Å². The fourth-order valence-corrected chi connectivity index (χ4v) is 8.84. The summed E-state index contributed by atoms with van der Waals surface area (Å²) < 4.78 is 77.2. The number of amides is 3. The minimum absolute atomic E-state index is 0.0287. The van der Waals surface area contributed by atoms with E-state index in [-0.39, 0.29) is 46.3 Å². The van der Waals surface area contributed by atoms with Crippen LogP contribution in [0.1, 0.15) is 48.7 Å². The second-order valence-electron chi connectivity index (χ2n) is 13.9. The number of rotatable bonds is 5. The Balaban J connectivity index is 1.13. The van der Waals surface area contributed by atoms with Crippen molar-refractivity contribution in [3.05, 3.63) is 77.0 Å². The molecule has 3 unspecified atom stereocenters. The van der Waals surface area contributed by atoms with Gasteiger partial charge in [-0.25, -0.2) is 0 Å². The van der Waals surface area contributed by atoms with E-state index < -0.39 is 65.9 Å². The highest BCUT2D eigenvalue weighted by atomic mass is 19.4. The molecule has 2 N–H and O–H groups in total. The molecule has 3 aromatic rings. The Kier molecular flexibility index (Phi) is 7.28. The molecule has 1 aliphatic carbocycles. The molecular weight excluding hydrogens is 665 g/mol. The van der Waals surface area contributed by atoms with Gasteiger partial charge in [-0.05, 0) is 61.6 Å². The van der Waals surface area contributed by atoms with E-state index in [9.17, 15) is 41.4 Å². The normalized spacial score (nSPS) is 30.9. The monoisotopic (exact) mass is 699 g/mol. The Hall–Kier alpha value is -4.34.